The average Bonchev–Trinajstić information content (AvgIpc) is 3.08. The molecule has 3 rings (SSSR count). The summed E-state index contributed by atoms with van der Waals surface area (Å²) >= 11 is 0. The van der Waals surface area contributed by atoms with Crippen LogP contribution in [-0.2, 0) is 9.59 Å². The maximum absolute atomic E-state index is 12.8. The van der Waals surface area contributed by atoms with E-state index in [1.165, 1.54) is 25.8 Å². The Bertz CT molecular complexity index is 504. The molecule has 0 aromatic heterocycles. The van der Waals surface area contributed by atoms with E-state index in [1.807, 2.05) is 12.2 Å². The molecule has 1 unspecified atom stereocenters. The minimum Gasteiger partial charge on any atom is -0.480 e. The Kier molecular flexibility index (Phi) is 5.25. The molecular formula is C18H29N3O3. The van der Waals surface area contributed by atoms with Gasteiger partial charge in [0.1, 0.15) is 0 Å². The van der Waals surface area contributed by atoms with Crippen molar-refractivity contribution in [3.05, 3.63) is 12.2 Å². The van der Waals surface area contributed by atoms with Crippen molar-refractivity contribution in [2.45, 2.75) is 38.1 Å². The number of allylic oxidation sites excluding steroid dienone is 2. The summed E-state index contributed by atoms with van der Waals surface area (Å²) in [6, 6.07) is 0.616. The number of nitrogens with zero attached hydrogens (tertiary/aromatic N) is 3. The number of carboxylic acid groups (broad SMARTS) is 1. The van der Waals surface area contributed by atoms with Gasteiger partial charge in [-0.15, -0.1) is 0 Å². The van der Waals surface area contributed by atoms with Gasteiger partial charge in [0.15, 0.2) is 5.41 Å². The fourth-order valence-electron chi connectivity index (χ4n) is 4.20. The highest BCUT2D eigenvalue weighted by atomic mass is 16.4. The van der Waals surface area contributed by atoms with Gasteiger partial charge < -0.3 is 14.9 Å². The number of aliphatic carboxylic acids is 1. The van der Waals surface area contributed by atoms with Crippen LogP contribution in [0.4, 0.5) is 0 Å². The summed E-state index contributed by atoms with van der Waals surface area (Å²) in [5.74, 6) is -1.18. The lowest BCUT2D eigenvalue weighted by molar-refractivity contribution is -0.161. The van der Waals surface area contributed by atoms with Crippen molar-refractivity contribution in [1.29, 1.82) is 0 Å². The van der Waals surface area contributed by atoms with E-state index in [0.717, 1.165) is 19.6 Å². The Labute approximate surface area is 144 Å². The van der Waals surface area contributed by atoms with Crippen LogP contribution in [0.1, 0.15) is 32.1 Å². The lowest BCUT2D eigenvalue weighted by Gasteiger charge is -2.41. The molecule has 134 valence electrons. The Morgan fingerprint density at radius 3 is 2.33 bits per heavy atom. The van der Waals surface area contributed by atoms with Crippen LogP contribution in [0.5, 0.6) is 0 Å². The Morgan fingerprint density at radius 2 is 1.75 bits per heavy atom. The van der Waals surface area contributed by atoms with Crippen molar-refractivity contribution in [3.63, 3.8) is 0 Å². The number of piperidine rings is 1. The molecule has 2 heterocycles. The lowest BCUT2D eigenvalue weighted by atomic mass is 9.83. The molecule has 2 aliphatic heterocycles. The minimum atomic E-state index is -1.24. The fourth-order valence-corrected chi connectivity index (χ4v) is 4.20. The molecule has 0 saturated carbocycles. The van der Waals surface area contributed by atoms with E-state index >= 15 is 0 Å². The van der Waals surface area contributed by atoms with Gasteiger partial charge in [-0.1, -0.05) is 18.6 Å². The molecule has 2 saturated heterocycles. The zero-order chi connectivity index (χ0) is 17.2. The number of hydrogen-bond acceptors (Lipinski definition) is 4. The summed E-state index contributed by atoms with van der Waals surface area (Å²) < 4.78 is 0. The number of carbonyl (C=O) groups excluding carboxylic acids is 1. The lowest BCUT2D eigenvalue weighted by Crippen LogP contribution is -2.56. The van der Waals surface area contributed by atoms with Crippen LogP contribution in [-0.4, -0.2) is 84.0 Å². The Morgan fingerprint density at radius 1 is 1.08 bits per heavy atom. The molecule has 1 aliphatic carbocycles. The highest BCUT2D eigenvalue weighted by molar-refractivity contribution is 6.02. The van der Waals surface area contributed by atoms with E-state index in [1.54, 1.807) is 4.90 Å². The maximum Gasteiger partial charge on any atom is 0.319 e. The molecule has 2 fully saturated rings. The molecule has 0 radical (unpaired) electrons. The summed E-state index contributed by atoms with van der Waals surface area (Å²) in [7, 11) is 2.20. The van der Waals surface area contributed by atoms with Gasteiger partial charge in [0.2, 0.25) is 5.91 Å². The second kappa shape index (κ2) is 7.23. The van der Waals surface area contributed by atoms with E-state index in [0.29, 0.717) is 32.0 Å². The Balaban J connectivity index is 1.53. The Hall–Kier alpha value is -1.40. The molecule has 6 nitrogen and oxygen atoms in total. The van der Waals surface area contributed by atoms with Crippen molar-refractivity contribution >= 4 is 11.9 Å². The summed E-state index contributed by atoms with van der Waals surface area (Å²) in [6.07, 6.45) is 8.15. The number of piperazine rings is 1. The summed E-state index contributed by atoms with van der Waals surface area (Å²) in [5.41, 5.74) is -1.24. The molecule has 0 bridgehead atoms. The number of carbonyl (C=O) groups is 2. The highest BCUT2D eigenvalue weighted by Gasteiger charge is 2.48. The van der Waals surface area contributed by atoms with Gasteiger partial charge in [-0.25, -0.2) is 0 Å². The van der Waals surface area contributed by atoms with Gasteiger partial charge >= 0.3 is 5.97 Å². The van der Waals surface area contributed by atoms with Crippen LogP contribution < -0.4 is 0 Å². The molecule has 1 atom stereocenters. The second-order valence-electron chi connectivity index (χ2n) is 7.49. The number of amides is 1. The van der Waals surface area contributed by atoms with Gasteiger partial charge in [0.05, 0.1) is 0 Å². The van der Waals surface area contributed by atoms with Crippen LogP contribution >= 0.6 is 0 Å². The highest BCUT2D eigenvalue weighted by Crippen LogP contribution is 2.36. The van der Waals surface area contributed by atoms with Crippen LogP contribution in [0.15, 0.2) is 12.2 Å². The average molecular weight is 335 g/mol. The van der Waals surface area contributed by atoms with Crippen molar-refractivity contribution in [3.8, 4) is 0 Å². The summed E-state index contributed by atoms with van der Waals surface area (Å²) in [6.45, 7) is 5.22. The number of hydrogen-bond donors (Lipinski definition) is 1. The van der Waals surface area contributed by atoms with E-state index in [-0.39, 0.29) is 5.91 Å². The largest absolute Gasteiger partial charge is 0.480 e. The standard InChI is InChI=1S/C18H29N3O3/c1-19-9-5-2-6-15(19)14-20-10-12-21(13-11-20)16(22)18(17(23)24)7-3-4-8-18/h3-4,15H,2,5-14H2,1H3,(H,23,24). The third-order valence-corrected chi connectivity index (χ3v) is 5.97. The minimum absolute atomic E-state index is 0.200. The first-order valence-electron chi connectivity index (χ1n) is 9.13. The molecule has 24 heavy (non-hydrogen) atoms. The second-order valence-corrected chi connectivity index (χ2v) is 7.49. The van der Waals surface area contributed by atoms with E-state index < -0.39 is 11.4 Å². The van der Waals surface area contributed by atoms with Crippen LogP contribution in [0.25, 0.3) is 0 Å². The number of likely N-dealkylation sites (tertiary alicyclic amines) is 1. The predicted molar refractivity (Wildman–Crippen MR) is 91.7 cm³/mol. The molecule has 0 aromatic carbocycles. The smallest absolute Gasteiger partial charge is 0.319 e. The molecule has 0 aromatic rings. The predicted octanol–water partition coefficient (Wildman–Crippen LogP) is 1.04. The first kappa shape index (κ1) is 17.4. The first-order valence-corrected chi connectivity index (χ1v) is 9.13. The van der Waals surface area contributed by atoms with Gasteiger partial charge in [-0.05, 0) is 39.3 Å². The van der Waals surface area contributed by atoms with Gasteiger partial charge in [0.25, 0.3) is 0 Å². The van der Waals surface area contributed by atoms with Gasteiger partial charge in [-0.2, -0.15) is 0 Å². The van der Waals surface area contributed by atoms with Crippen molar-refractivity contribution in [1.82, 2.24) is 14.7 Å². The first-order chi connectivity index (χ1) is 11.5. The topological polar surface area (TPSA) is 64.1 Å². The van der Waals surface area contributed by atoms with Crippen LogP contribution in [0.3, 0.4) is 0 Å². The zero-order valence-electron chi connectivity index (χ0n) is 14.6. The number of likely N-dealkylation sites (N-methyl/N-ethyl adjacent to an activating group) is 1. The molecule has 1 amide bonds. The van der Waals surface area contributed by atoms with Crippen LogP contribution in [0.2, 0.25) is 0 Å². The van der Waals surface area contributed by atoms with Crippen molar-refractivity contribution < 1.29 is 14.7 Å². The molecule has 0 spiro atoms. The van der Waals surface area contributed by atoms with Gasteiger partial charge in [-0.3, -0.25) is 14.5 Å². The maximum atomic E-state index is 12.8. The zero-order valence-corrected chi connectivity index (χ0v) is 14.6. The van der Waals surface area contributed by atoms with E-state index in [2.05, 4.69) is 16.8 Å². The number of rotatable bonds is 4. The molecular weight excluding hydrogens is 306 g/mol. The molecule has 6 heteroatoms. The van der Waals surface area contributed by atoms with Crippen LogP contribution in [0, 0.1) is 5.41 Å². The monoisotopic (exact) mass is 335 g/mol. The van der Waals surface area contributed by atoms with Crippen molar-refractivity contribution in [2.75, 3.05) is 46.3 Å². The quantitative estimate of drug-likeness (QED) is 0.614. The fraction of sp³-hybridized carbons (Fsp3) is 0.778. The third-order valence-electron chi connectivity index (χ3n) is 5.97. The molecule has 3 aliphatic rings. The summed E-state index contributed by atoms with van der Waals surface area (Å²) in [4.78, 5) is 31.1. The van der Waals surface area contributed by atoms with Gasteiger partial charge in [0, 0.05) is 38.8 Å². The SMILES string of the molecule is CN1CCCCC1CN1CCN(C(=O)C2(C(=O)O)CC=CC2)CC1. The van der Waals surface area contributed by atoms with E-state index in [4.69, 9.17) is 0 Å². The number of carboxylic acids is 1. The van der Waals surface area contributed by atoms with Crippen molar-refractivity contribution in [2.24, 2.45) is 5.41 Å². The third kappa shape index (κ3) is 3.35. The summed E-state index contributed by atoms with van der Waals surface area (Å²) in [5, 5.41) is 9.56. The van der Waals surface area contributed by atoms with E-state index in [9.17, 15) is 14.7 Å². The molecule has 1 N–H and O–H groups in total. The normalized spacial score (nSPS) is 28.2.